The van der Waals surface area contributed by atoms with Gasteiger partial charge in [-0.3, -0.25) is 0 Å². The minimum atomic E-state index is -6.09. The van der Waals surface area contributed by atoms with Gasteiger partial charge in [0.2, 0.25) is 0 Å². The Bertz CT molecular complexity index is 979. The number of hydrogen-bond acceptors (Lipinski definition) is 3. The van der Waals surface area contributed by atoms with Crippen LogP contribution in [0.4, 0.5) is 13.2 Å². The van der Waals surface area contributed by atoms with Crippen LogP contribution in [0.3, 0.4) is 0 Å². The smallest absolute Gasteiger partial charge is 0.485 e. The van der Waals surface area contributed by atoms with Gasteiger partial charge in [0, 0.05) is 0 Å². The van der Waals surface area contributed by atoms with Crippen molar-refractivity contribution < 1.29 is 26.1 Å². The third-order valence-electron chi connectivity index (χ3n) is 4.02. The first kappa shape index (κ1) is 24.0. The van der Waals surface area contributed by atoms with Crippen molar-refractivity contribution in [2.24, 2.45) is 0 Å². The first-order valence-corrected chi connectivity index (χ1v) is 11.6. The predicted molar refractivity (Wildman–Crippen MR) is 111 cm³/mol. The average molecular weight is 455 g/mol. The first-order chi connectivity index (χ1) is 14.0. The van der Waals surface area contributed by atoms with E-state index in [-0.39, 0.29) is 10.9 Å². The van der Waals surface area contributed by atoms with Crippen molar-refractivity contribution in [1.29, 1.82) is 0 Å². The van der Waals surface area contributed by atoms with Gasteiger partial charge in [-0.05, 0) is 47.9 Å². The molecule has 0 aliphatic rings. The van der Waals surface area contributed by atoms with Gasteiger partial charge in [0.15, 0.2) is 24.8 Å². The van der Waals surface area contributed by atoms with Crippen LogP contribution in [0.1, 0.15) is 25.3 Å². The molecule has 3 nitrogen and oxygen atoms in total. The Morgan fingerprint density at radius 1 is 0.733 bits per heavy atom. The zero-order chi connectivity index (χ0) is 22.4. The Hall–Kier alpha value is -2.29. The van der Waals surface area contributed by atoms with Crippen LogP contribution in [0.5, 0.6) is 0 Å². The van der Waals surface area contributed by atoms with Crippen LogP contribution in [0.25, 0.3) is 0 Å². The molecule has 0 aromatic heterocycles. The van der Waals surface area contributed by atoms with Crippen LogP contribution in [0.2, 0.25) is 0 Å². The van der Waals surface area contributed by atoms with Gasteiger partial charge < -0.3 is 4.55 Å². The van der Waals surface area contributed by atoms with E-state index in [1.54, 1.807) is 0 Å². The van der Waals surface area contributed by atoms with Crippen molar-refractivity contribution in [2.75, 3.05) is 0 Å². The van der Waals surface area contributed by atoms with E-state index in [1.165, 1.54) is 20.2 Å². The quantitative estimate of drug-likeness (QED) is 0.278. The van der Waals surface area contributed by atoms with Gasteiger partial charge in [-0.2, -0.15) is 13.2 Å². The lowest BCUT2D eigenvalue weighted by molar-refractivity contribution is -0.0517. The molecule has 0 saturated heterocycles. The van der Waals surface area contributed by atoms with E-state index in [4.69, 9.17) is 13.0 Å². The zero-order valence-corrected chi connectivity index (χ0v) is 18.0. The van der Waals surface area contributed by atoms with Crippen LogP contribution in [0.15, 0.2) is 99.6 Å². The van der Waals surface area contributed by atoms with Crippen molar-refractivity contribution in [3.63, 3.8) is 0 Å². The molecular formula is C22H21F3O3S2. The van der Waals surface area contributed by atoms with Crippen molar-refractivity contribution in [3.05, 3.63) is 90.5 Å². The molecule has 0 radical (unpaired) electrons. The van der Waals surface area contributed by atoms with Gasteiger partial charge in [-0.15, -0.1) is 0 Å². The van der Waals surface area contributed by atoms with Crippen LogP contribution >= 0.6 is 0 Å². The molecule has 0 N–H and O–H groups in total. The highest BCUT2D eigenvalue weighted by Crippen LogP contribution is 2.31. The highest BCUT2D eigenvalue weighted by Gasteiger charge is 2.37. The third-order valence-corrected chi connectivity index (χ3v) is 6.82. The zero-order valence-electron chi connectivity index (χ0n) is 16.3. The molecule has 0 saturated carbocycles. The molecule has 8 heteroatoms. The maximum Gasteiger partial charge on any atom is 0.485 e. The van der Waals surface area contributed by atoms with Gasteiger partial charge in [0.25, 0.3) is 0 Å². The number of hydrogen-bond donors (Lipinski definition) is 0. The van der Waals surface area contributed by atoms with Gasteiger partial charge in [0.05, 0.1) is 10.9 Å². The minimum absolute atomic E-state index is 0.0361. The normalized spacial score (nSPS) is 11.9. The summed E-state index contributed by atoms with van der Waals surface area (Å²) in [6, 6.07) is 30.7. The molecule has 0 fully saturated rings. The second-order valence-corrected chi connectivity index (χ2v) is 9.95. The molecule has 3 aromatic carbocycles. The molecule has 30 heavy (non-hydrogen) atoms. The Morgan fingerprint density at radius 3 is 1.37 bits per heavy atom. The fourth-order valence-corrected chi connectivity index (χ4v) is 4.59. The van der Waals surface area contributed by atoms with Crippen molar-refractivity contribution in [3.8, 4) is 0 Å². The van der Waals surface area contributed by atoms with E-state index in [9.17, 15) is 13.2 Å². The Morgan fingerprint density at radius 2 is 1.07 bits per heavy atom. The Labute approximate surface area is 177 Å². The van der Waals surface area contributed by atoms with Crippen LogP contribution < -0.4 is 0 Å². The molecule has 0 bridgehead atoms. The summed E-state index contributed by atoms with van der Waals surface area (Å²) in [5.41, 5.74) is -4.25. The number of alkyl halides is 3. The molecule has 160 valence electrons. The van der Waals surface area contributed by atoms with E-state index in [1.807, 2.05) is 0 Å². The minimum Gasteiger partial charge on any atom is -0.741 e. The van der Waals surface area contributed by atoms with E-state index in [0.29, 0.717) is 5.92 Å². The predicted octanol–water partition coefficient (Wildman–Crippen LogP) is 5.96. The molecule has 0 aliphatic heterocycles. The molecule has 0 unspecified atom stereocenters. The average Bonchev–Trinajstić information content (AvgIpc) is 2.69. The molecule has 3 rings (SSSR count). The Kier molecular flexibility index (Phi) is 8.11. The number of halogens is 3. The molecule has 3 aromatic rings. The lowest BCUT2D eigenvalue weighted by Gasteiger charge is -2.09. The second kappa shape index (κ2) is 10.1. The lowest BCUT2D eigenvalue weighted by Crippen LogP contribution is -2.21. The SMILES string of the molecule is CC(C)c1ccc([S+](c2ccccc2)c2ccccc2)cc1.O=S(=O)([O-])C(F)(F)F. The summed E-state index contributed by atoms with van der Waals surface area (Å²) in [5, 5.41) is 0. The number of benzene rings is 3. The molecule has 0 aliphatic carbocycles. The third kappa shape index (κ3) is 6.62. The fourth-order valence-electron chi connectivity index (χ4n) is 2.51. The van der Waals surface area contributed by atoms with Crippen LogP contribution in [-0.2, 0) is 21.0 Å². The van der Waals surface area contributed by atoms with Gasteiger partial charge >= 0.3 is 5.51 Å². The van der Waals surface area contributed by atoms with E-state index >= 15 is 0 Å². The standard InChI is InChI=1S/C21H21S.CHF3O3S/c1-17(2)18-13-15-21(16-14-18)22(19-9-5-3-6-10-19)20-11-7-4-8-12-20;2-1(3,4)8(5,6)7/h3-17H,1-2H3;(H,5,6,7)/q+1;/p-1. The molecule has 0 amide bonds. The largest absolute Gasteiger partial charge is 0.741 e. The van der Waals surface area contributed by atoms with Crippen molar-refractivity contribution in [2.45, 2.75) is 40.0 Å². The summed E-state index contributed by atoms with van der Waals surface area (Å²) in [4.78, 5) is 4.11. The molecule has 0 spiro atoms. The van der Waals surface area contributed by atoms with E-state index in [0.717, 1.165) is 0 Å². The first-order valence-electron chi connectivity index (χ1n) is 8.97. The highest BCUT2D eigenvalue weighted by atomic mass is 32.2. The summed E-state index contributed by atoms with van der Waals surface area (Å²) in [6.07, 6.45) is 0. The topological polar surface area (TPSA) is 57.2 Å². The molecule has 0 heterocycles. The highest BCUT2D eigenvalue weighted by molar-refractivity contribution is 7.97. The van der Waals surface area contributed by atoms with E-state index in [2.05, 4.69) is 98.8 Å². The van der Waals surface area contributed by atoms with Gasteiger partial charge in [-0.25, -0.2) is 8.42 Å². The van der Waals surface area contributed by atoms with Crippen molar-refractivity contribution >= 4 is 21.0 Å². The lowest BCUT2D eigenvalue weighted by atomic mass is 10.0. The summed E-state index contributed by atoms with van der Waals surface area (Å²) < 4.78 is 58.9. The fraction of sp³-hybridized carbons (Fsp3) is 0.182. The van der Waals surface area contributed by atoms with Gasteiger partial charge in [-0.1, -0.05) is 62.4 Å². The van der Waals surface area contributed by atoms with Crippen molar-refractivity contribution in [1.82, 2.24) is 0 Å². The van der Waals surface area contributed by atoms with Gasteiger partial charge in [0.1, 0.15) is 0 Å². The Balaban J connectivity index is 0.000000343. The van der Waals surface area contributed by atoms with E-state index < -0.39 is 15.6 Å². The summed E-state index contributed by atoms with van der Waals surface area (Å²) in [7, 11) is -6.13. The second-order valence-electron chi connectivity index (χ2n) is 6.56. The monoisotopic (exact) mass is 454 g/mol. The van der Waals surface area contributed by atoms with Crippen LogP contribution in [-0.4, -0.2) is 18.5 Å². The number of rotatable bonds is 4. The summed E-state index contributed by atoms with van der Waals surface area (Å²) in [6.45, 7) is 4.48. The van der Waals surface area contributed by atoms with Crippen LogP contribution in [0, 0.1) is 0 Å². The summed E-state index contributed by atoms with van der Waals surface area (Å²) >= 11 is 0. The summed E-state index contributed by atoms with van der Waals surface area (Å²) in [5.74, 6) is 0.573. The molecule has 0 atom stereocenters. The maximum atomic E-state index is 10.7. The maximum absolute atomic E-state index is 10.7. The molecular weight excluding hydrogens is 433 g/mol.